The summed E-state index contributed by atoms with van der Waals surface area (Å²) in [6.45, 7) is 3.21. The van der Waals surface area contributed by atoms with Crippen LogP contribution in [0.2, 0.25) is 0 Å². The van der Waals surface area contributed by atoms with Crippen molar-refractivity contribution in [1.29, 1.82) is 0 Å². The van der Waals surface area contributed by atoms with Gasteiger partial charge in [-0.1, -0.05) is 31.5 Å². The first-order valence-corrected chi connectivity index (χ1v) is 8.56. The predicted octanol–water partition coefficient (Wildman–Crippen LogP) is 1.92. The highest BCUT2D eigenvalue weighted by Crippen LogP contribution is 2.32. The van der Waals surface area contributed by atoms with E-state index in [-0.39, 0.29) is 17.8 Å². The monoisotopic (exact) mass is 356 g/mol. The Hall–Kier alpha value is -2.91. The number of anilines is 2. The number of unbranched alkanes of at least 4 members (excludes halogenated alkanes) is 1. The largest absolute Gasteiger partial charge is 0.382 e. The van der Waals surface area contributed by atoms with Gasteiger partial charge in [-0.3, -0.25) is 4.57 Å². The molecule has 9 heteroatoms. The number of aromatic amines is 1. The van der Waals surface area contributed by atoms with Gasteiger partial charge in [-0.25, -0.2) is 4.79 Å². The summed E-state index contributed by atoms with van der Waals surface area (Å²) in [5.41, 5.74) is 8.48. The fraction of sp³-hybridized carbons (Fsp3) is 0.353. The van der Waals surface area contributed by atoms with Crippen LogP contribution in [0.1, 0.15) is 37.2 Å². The van der Waals surface area contributed by atoms with E-state index in [2.05, 4.69) is 27.2 Å². The van der Waals surface area contributed by atoms with Gasteiger partial charge in [-0.15, -0.1) is 0 Å². The van der Waals surface area contributed by atoms with Gasteiger partial charge in [0.15, 0.2) is 11.5 Å². The van der Waals surface area contributed by atoms with Gasteiger partial charge in [-0.2, -0.15) is 19.7 Å². The van der Waals surface area contributed by atoms with E-state index < -0.39 is 0 Å². The van der Waals surface area contributed by atoms with Gasteiger partial charge < -0.3 is 16.0 Å². The summed E-state index contributed by atoms with van der Waals surface area (Å²) in [4.78, 5) is 33.5. The average molecular weight is 356 g/mol. The number of H-pyrrole nitrogens is 1. The molecule has 9 nitrogen and oxygen atoms in total. The summed E-state index contributed by atoms with van der Waals surface area (Å²) in [5.74, 6) is 0.670. The van der Waals surface area contributed by atoms with E-state index in [1.165, 1.54) is 0 Å². The van der Waals surface area contributed by atoms with Gasteiger partial charge in [0, 0.05) is 12.1 Å². The van der Waals surface area contributed by atoms with Crippen LogP contribution < -0.4 is 16.7 Å². The lowest BCUT2D eigenvalue weighted by Crippen LogP contribution is -2.18. The van der Waals surface area contributed by atoms with E-state index in [1.54, 1.807) is 4.57 Å². The topological polar surface area (TPSA) is 127 Å². The lowest BCUT2D eigenvalue weighted by molar-refractivity contribution is 0.0850. The van der Waals surface area contributed by atoms with Crippen molar-refractivity contribution >= 4 is 22.9 Å². The minimum absolute atomic E-state index is 0.248. The molecule has 1 aromatic carbocycles. The average Bonchev–Trinajstić information content (AvgIpc) is 3.43. The van der Waals surface area contributed by atoms with Crippen LogP contribution in [0.4, 0.5) is 11.8 Å². The molecule has 4 rings (SSSR count). The Morgan fingerprint density at radius 3 is 2.96 bits per heavy atom. The van der Waals surface area contributed by atoms with Gasteiger partial charge in [-0.05, 0) is 18.1 Å². The lowest BCUT2D eigenvalue weighted by atomic mass is 10.1. The first kappa shape index (κ1) is 16.6. The van der Waals surface area contributed by atoms with Crippen LogP contribution >= 0.6 is 0 Å². The SMILES string of the molecule is CCCCNc1nc(N)c2[nH]c(=O)n(Cc3cccc(C4OO4)c3)c2n1. The molecule has 4 N–H and O–H groups in total. The van der Waals surface area contributed by atoms with Crippen molar-refractivity contribution in [1.82, 2.24) is 19.5 Å². The molecule has 2 aromatic heterocycles. The first-order chi connectivity index (χ1) is 12.7. The van der Waals surface area contributed by atoms with E-state index in [0.29, 0.717) is 23.7 Å². The zero-order chi connectivity index (χ0) is 18.1. The number of benzene rings is 1. The van der Waals surface area contributed by atoms with E-state index >= 15 is 0 Å². The summed E-state index contributed by atoms with van der Waals surface area (Å²) < 4.78 is 1.55. The molecular formula is C17H20N6O3. The zero-order valence-electron chi connectivity index (χ0n) is 14.4. The fourth-order valence-electron chi connectivity index (χ4n) is 2.81. The number of aromatic nitrogens is 4. The number of imidazole rings is 1. The number of nitrogens with two attached hydrogens (primary N) is 1. The molecule has 0 amide bonds. The minimum atomic E-state index is -0.318. The Bertz CT molecular complexity index is 992. The number of nitrogens with zero attached hydrogens (tertiary/aromatic N) is 3. The van der Waals surface area contributed by atoms with Crippen molar-refractivity contribution < 1.29 is 9.78 Å². The highest BCUT2D eigenvalue weighted by Gasteiger charge is 2.28. The quantitative estimate of drug-likeness (QED) is 0.335. The van der Waals surface area contributed by atoms with Crippen molar-refractivity contribution in [3.8, 4) is 0 Å². The number of fused-ring (bicyclic) bond motifs is 1. The zero-order valence-corrected chi connectivity index (χ0v) is 14.4. The third kappa shape index (κ3) is 3.26. The summed E-state index contributed by atoms with van der Waals surface area (Å²) in [6, 6.07) is 7.68. The van der Waals surface area contributed by atoms with E-state index in [0.717, 1.165) is 30.5 Å². The normalized spacial score (nSPS) is 14.0. The Kier molecular flexibility index (Phi) is 4.31. The van der Waals surface area contributed by atoms with Crippen molar-refractivity contribution in [2.45, 2.75) is 32.6 Å². The number of nitrogen functional groups attached to an aromatic ring is 1. The molecule has 0 bridgehead atoms. The molecule has 0 aliphatic carbocycles. The van der Waals surface area contributed by atoms with Crippen molar-refractivity contribution in [2.75, 3.05) is 17.6 Å². The minimum Gasteiger partial charge on any atom is -0.382 e. The van der Waals surface area contributed by atoms with Crippen LogP contribution in [0.5, 0.6) is 0 Å². The van der Waals surface area contributed by atoms with Gasteiger partial charge >= 0.3 is 5.69 Å². The molecular weight excluding hydrogens is 336 g/mol. The molecule has 0 unspecified atom stereocenters. The summed E-state index contributed by atoms with van der Waals surface area (Å²) in [5, 5.41) is 3.15. The molecule has 0 saturated carbocycles. The molecule has 1 aliphatic heterocycles. The third-order valence-electron chi connectivity index (χ3n) is 4.22. The van der Waals surface area contributed by atoms with Crippen molar-refractivity contribution in [3.05, 3.63) is 45.9 Å². The molecule has 1 saturated heterocycles. The van der Waals surface area contributed by atoms with Gasteiger partial charge in [0.25, 0.3) is 0 Å². The molecule has 1 aliphatic rings. The molecule has 0 atom stereocenters. The van der Waals surface area contributed by atoms with Gasteiger partial charge in [0.05, 0.1) is 6.54 Å². The second-order valence-corrected chi connectivity index (χ2v) is 6.20. The maximum absolute atomic E-state index is 12.4. The van der Waals surface area contributed by atoms with Gasteiger partial charge in [0.2, 0.25) is 12.2 Å². The number of hydrogen-bond acceptors (Lipinski definition) is 7. The first-order valence-electron chi connectivity index (χ1n) is 8.56. The molecule has 26 heavy (non-hydrogen) atoms. The highest BCUT2D eigenvalue weighted by atomic mass is 17.4. The maximum atomic E-state index is 12.4. The number of rotatable bonds is 7. The second-order valence-electron chi connectivity index (χ2n) is 6.20. The van der Waals surface area contributed by atoms with E-state index in [1.807, 2.05) is 24.3 Å². The number of hydrogen-bond donors (Lipinski definition) is 3. The molecule has 3 aromatic rings. The van der Waals surface area contributed by atoms with Crippen LogP contribution in [0.15, 0.2) is 29.1 Å². The van der Waals surface area contributed by atoms with Crippen molar-refractivity contribution in [2.24, 2.45) is 0 Å². The predicted molar refractivity (Wildman–Crippen MR) is 96.4 cm³/mol. The highest BCUT2D eigenvalue weighted by molar-refractivity contribution is 5.82. The fourth-order valence-corrected chi connectivity index (χ4v) is 2.81. The molecule has 3 heterocycles. The third-order valence-corrected chi connectivity index (χ3v) is 4.22. The van der Waals surface area contributed by atoms with Gasteiger partial charge in [0.1, 0.15) is 5.52 Å². The molecule has 136 valence electrons. The maximum Gasteiger partial charge on any atom is 0.328 e. The van der Waals surface area contributed by atoms with Crippen LogP contribution in [-0.4, -0.2) is 26.1 Å². The van der Waals surface area contributed by atoms with Crippen LogP contribution in [0.25, 0.3) is 11.2 Å². The molecule has 0 spiro atoms. The van der Waals surface area contributed by atoms with Crippen LogP contribution in [0.3, 0.4) is 0 Å². The summed E-state index contributed by atoms with van der Waals surface area (Å²) >= 11 is 0. The number of nitrogens with one attached hydrogen (secondary N) is 2. The second kappa shape index (κ2) is 6.77. The Morgan fingerprint density at radius 1 is 1.35 bits per heavy atom. The molecule has 1 fully saturated rings. The Labute approximate surface area is 149 Å². The lowest BCUT2D eigenvalue weighted by Gasteiger charge is -2.07. The Balaban J connectivity index is 1.68. The molecule has 0 radical (unpaired) electrons. The van der Waals surface area contributed by atoms with E-state index in [9.17, 15) is 4.79 Å². The summed E-state index contributed by atoms with van der Waals surface area (Å²) in [7, 11) is 0. The smallest absolute Gasteiger partial charge is 0.328 e. The summed E-state index contributed by atoms with van der Waals surface area (Å²) in [6.07, 6.45) is 1.74. The van der Waals surface area contributed by atoms with Crippen molar-refractivity contribution in [3.63, 3.8) is 0 Å². The van der Waals surface area contributed by atoms with Crippen LogP contribution in [0, 0.1) is 0 Å². The standard InChI is InChI=1S/C17H20N6O3/c1-2-3-7-19-16-21-13(18)12-14(22-16)23(17(24)20-12)9-10-5-4-6-11(8-10)15-25-26-15/h4-6,8,15H,2-3,7,9H2,1H3,(H,20,24)(H3,18,19,21,22). The van der Waals surface area contributed by atoms with Crippen LogP contribution in [-0.2, 0) is 16.3 Å². The van der Waals surface area contributed by atoms with E-state index in [4.69, 9.17) is 15.5 Å². The Morgan fingerprint density at radius 2 is 2.19 bits per heavy atom.